The Bertz CT molecular complexity index is 110. The van der Waals surface area contributed by atoms with E-state index in [1.54, 1.807) is 5.20 Å². The minimum absolute atomic E-state index is 0. The van der Waals surface area contributed by atoms with E-state index < -0.39 is 8.07 Å². The van der Waals surface area contributed by atoms with Gasteiger partial charge in [0.25, 0.3) is 0 Å². The Morgan fingerprint density at radius 2 is 1.75 bits per heavy atom. The first-order chi connectivity index (χ1) is 3.11. The van der Waals surface area contributed by atoms with Gasteiger partial charge in [0.05, 0.1) is 0 Å². The third-order valence-corrected chi connectivity index (χ3v) is 3.42. The quantitative estimate of drug-likeness (QED) is 0.306. The van der Waals surface area contributed by atoms with Crippen LogP contribution in [0.1, 0.15) is 6.42 Å². The monoisotopic (exact) mass is 118 g/mol. The zero-order valence-electron chi connectivity index (χ0n) is 6.21. The molecule has 0 amide bonds. The Balaban J connectivity index is 0.000000490. The third-order valence-electron chi connectivity index (χ3n) is 1.26. The molecule has 0 N–H and O–H groups in total. The zero-order chi connectivity index (χ0) is 5.49. The van der Waals surface area contributed by atoms with Gasteiger partial charge in [0.1, 0.15) is 0 Å². The molecule has 0 nitrogen and oxygen atoms in total. The van der Waals surface area contributed by atoms with Crippen LogP contribution in [0.5, 0.6) is 0 Å². The van der Waals surface area contributed by atoms with Crippen LogP contribution in [-0.4, -0.2) is 8.07 Å². The molecule has 1 aliphatic rings. The molecule has 0 fully saturated rings. The Hall–Kier alpha value is 0.554. The maximum atomic E-state index is 3.25. The van der Waals surface area contributed by atoms with Gasteiger partial charge in [-0.3, -0.25) is 5.20 Å². The molecule has 1 aliphatic carbocycles. The Morgan fingerprint density at radius 1 is 1.38 bits per heavy atom. The molecule has 2 heteroatoms. The van der Waals surface area contributed by atoms with Crippen LogP contribution in [0.2, 0.25) is 19.6 Å². The van der Waals surface area contributed by atoms with Gasteiger partial charge in [-0.05, 0) is 0 Å². The van der Waals surface area contributed by atoms with E-state index in [9.17, 15) is 0 Å². The van der Waals surface area contributed by atoms with Crippen LogP contribution in [0, 0.1) is 6.08 Å². The summed E-state index contributed by atoms with van der Waals surface area (Å²) in [6.07, 6.45) is 4.46. The largest absolute Gasteiger partial charge is 1.00 e. The first-order valence-electron chi connectivity index (χ1n) is 2.71. The summed E-state index contributed by atoms with van der Waals surface area (Å²) in [6.45, 7) is 7.09. The summed E-state index contributed by atoms with van der Waals surface area (Å²) in [7, 11) is -0.818. The van der Waals surface area contributed by atoms with Crippen molar-refractivity contribution < 1.29 is 18.9 Å². The molecule has 8 heavy (non-hydrogen) atoms. The van der Waals surface area contributed by atoms with Gasteiger partial charge in [0.15, 0.2) is 0 Å². The SMILES string of the molecule is C[Si](C)(C)C1=[C-]C1.[Li+]. The maximum Gasteiger partial charge on any atom is 1.00 e. The van der Waals surface area contributed by atoms with Gasteiger partial charge in [0.2, 0.25) is 0 Å². The van der Waals surface area contributed by atoms with Crippen molar-refractivity contribution in [3.05, 3.63) is 11.3 Å². The van der Waals surface area contributed by atoms with Gasteiger partial charge in [0, 0.05) is 8.07 Å². The van der Waals surface area contributed by atoms with Crippen LogP contribution in [0.3, 0.4) is 0 Å². The van der Waals surface area contributed by atoms with E-state index in [0.717, 1.165) is 0 Å². The molecule has 0 aromatic heterocycles. The fraction of sp³-hybridized carbons (Fsp3) is 0.667. The standard InChI is InChI=1S/C6H11Si.Li/c1-7(2,3)6-4-5-6;/h4H2,1-3H3;/q-1;+1. The predicted octanol–water partition coefficient (Wildman–Crippen LogP) is -0.999. The van der Waals surface area contributed by atoms with E-state index in [-0.39, 0.29) is 18.9 Å². The van der Waals surface area contributed by atoms with E-state index in [2.05, 4.69) is 25.7 Å². The van der Waals surface area contributed by atoms with Gasteiger partial charge < -0.3 is 6.08 Å². The summed E-state index contributed by atoms with van der Waals surface area (Å²) in [6, 6.07) is 0. The molecule has 0 saturated heterocycles. The molecule has 0 bridgehead atoms. The van der Waals surface area contributed by atoms with E-state index in [0.29, 0.717) is 0 Å². The first-order valence-corrected chi connectivity index (χ1v) is 6.21. The fourth-order valence-electron chi connectivity index (χ4n) is 0.575. The molecular weight excluding hydrogens is 107 g/mol. The maximum absolute atomic E-state index is 3.25. The fourth-order valence-corrected chi connectivity index (χ4v) is 1.72. The number of rotatable bonds is 1. The second-order valence-corrected chi connectivity index (χ2v) is 8.19. The summed E-state index contributed by atoms with van der Waals surface area (Å²) >= 11 is 0. The average molecular weight is 118 g/mol. The van der Waals surface area contributed by atoms with Crippen molar-refractivity contribution in [2.75, 3.05) is 0 Å². The minimum atomic E-state index is -0.818. The number of allylic oxidation sites excluding steroid dienone is 2. The van der Waals surface area contributed by atoms with Crippen LogP contribution in [0.15, 0.2) is 5.20 Å². The van der Waals surface area contributed by atoms with Crippen molar-refractivity contribution in [3.63, 3.8) is 0 Å². The molecule has 0 aromatic carbocycles. The van der Waals surface area contributed by atoms with E-state index in [1.807, 2.05) is 0 Å². The third kappa shape index (κ3) is 2.22. The van der Waals surface area contributed by atoms with Crippen molar-refractivity contribution in [3.8, 4) is 0 Å². The Labute approximate surface area is 64.5 Å². The number of hydrogen-bond acceptors (Lipinski definition) is 0. The Morgan fingerprint density at radius 3 is 1.75 bits per heavy atom. The van der Waals surface area contributed by atoms with Crippen LogP contribution in [0.4, 0.5) is 0 Å². The first kappa shape index (κ1) is 8.55. The van der Waals surface area contributed by atoms with E-state index in [1.165, 1.54) is 6.42 Å². The summed E-state index contributed by atoms with van der Waals surface area (Å²) in [5, 5.41) is 1.63. The topological polar surface area (TPSA) is 0 Å². The molecule has 0 heterocycles. The van der Waals surface area contributed by atoms with Gasteiger partial charge in [-0.1, -0.05) is 19.6 Å². The van der Waals surface area contributed by atoms with Crippen molar-refractivity contribution in [2.45, 2.75) is 26.1 Å². The normalized spacial score (nSPS) is 16.6. The molecule has 0 atom stereocenters. The van der Waals surface area contributed by atoms with Gasteiger partial charge >= 0.3 is 18.9 Å². The second kappa shape index (κ2) is 2.43. The molecule has 0 unspecified atom stereocenters. The molecule has 0 saturated carbocycles. The van der Waals surface area contributed by atoms with Gasteiger partial charge in [-0.2, -0.15) is 0 Å². The van der Waals surface area contributed by atoms with E-state index >= 15 is 0 Å². The molecule has 0 radical (unpaired) electrons. The van der Waals surface area contributed by atoms with Crippen LogP contribution < -0.4 is 18.9 Å². The van der Waals surface area contributed by atoms with Crippen molar-refractivity contribution in [1.82, 2.24) is 0 Å². The van der Waals surface area contributed by atoms with Gasteiger partial charge in [-0.15, -0.1) is 0 Å². The molecule has 40 valence electrons. The van der Waals surface area contributed by atoms with E-state index in [4.69, 9.17) is 0 Å². The summed E-state index contributed by atoms with van der Waals surface area (Å²) in [5.41, 5.74) is 0. The predicted molar refractivity (Wildman–Crippen MR) is 34.7 cm³/mol. The minimum Gasteiger partial charge on any atom is -0.503 e. The Kier molecular flexibility index (Phi) is 2.60. The van der Waals surface area contributed by atoms with Crippen LogP contribution in [-0.2, 0) is 0 Å². The van der Waals surface area contributed by atoms with Crippen molar-refractivity contribution in [2.24, 2.45) is 0 Å². The van der Waals surface area contributed by atoms with Crippen LogP contribution in [0.25, 0.3) is 0 Å². The molecule has 0 aliphatic heterocycles. The summed E-state index contributed by atoms with van der Waals surface area (Å²) < 4.78 is 0. The molecular formula is C6H11LiSi. The summed E-state index contributed by atoms with van der Waals surface area (Å²) in [5.74, 6) is 0. The zero-order valence-corrected chi connectivity index (χ0v) is 7.21. The molecule has 0 spiro atoms. The second-order valence-electron chi connectivity index (χ2n) is 3.08. The van der Waals surface area contributed by atoms with Crippen molar-refractivity contribution in [1.29, 1.82) is 0 Å². The summed E-state index contributed by atoms with van der Waals surface area (Å²) in [4.78, 5) is 0. The molecule has 1 rings (SSSR count). The average Bonchev–Trinajstić information content (AvgIpc) is 1.99. The number of hydrogen-bond donors (Lipinski definition) is 0. The van der Waals surface area contributed by atoms with Crippen molar-refractivity contribution >= 4 is 8.07 Å². The smallest absolute Gasteiger partial charge is 0.503 e. The van der Waals surface area contributed by atoms with Gasteiger partial charge in [-0.25, -0.2) is 6.42 Å². The van der Waals surface area contributed by atoms with Crippen LogP contribution >= 0.6 is 0 Å². The molecule has 0 aromatic rings.